The number of aromatic nitrogens is 1. The molecule has 4 nitrogen and oxygen atoms in total. The van der Waals surface area contributed by atoms with Crippen molar-refractivity contribution in [1.29, 1.82) is 0 Å². The van der Waals surface area contributed by atoms with Crippen LogP contribution in [0.5, 0.6) is 17.2 Å². The number of nitrogens with zero attached hydrogens (tertiary/aromatic N) is 1. The maximum absolute atomic E-state index is 5.97. The number of pyridine rings is 1. The molecule has 1 aromatic carbocycles. The molecular formula is C14H15ClN2O2. The molecule has 100 valence electrons. The summed E-state index contributed by atoms with van der Waals surface area (Å²) in [5, 5.41) is 0.516. The molecule has 0 spiro atoms. The number of methoxy groups -OCH3 is 1. The molecule has 2 rings (SSSR count). The summed E-state index contributed by atoms with van der Waals surface area (Å²) in [7, 11) is 1.60. The first-order valence-electron chi connectivity index (χ1n) is 5.82. The second kappa shape index (κ2) is 5.91. The van der Waals surface area contributed by atoms with E-state index in [0.29, 0.717) is 22.3 Å². The normalized spacial score (nSPS) is 12.0. The Morgan fingerprint density at radius 1 is 1.26 bits per heavy atom. The van der Waals surface area contributed by atoms with Crippen LogP contribution < -0.4 is 15.2 Å². The van der Waals surface area contributed by atoms with Crippen molar-refractivity contribution in [3.63, 3.8) is 0 Å². The van der Waals surface area contributed by atoms with E-state index in [9.17, 15) is 0 Å². The number of halogens is 1. The number of benzene rings is 1. The van der Waals surface area contributed by atoms with Crippen LogP contribution in [0.3, 0.4) is 0 Å². The summed E-state index contributed by atoms with van der Waals surface area (Å²) < 4.78 is 11.1. The van der Waals surface area contributed by atoms with E-state index in [-0.39, 0.29) is 6.04 Å². The van der Waals surface area contributed by atoms with Crippen LogP contribution in [0.4, 0.5) is 0 Å². The van der Waals surface area contributed by atoms with E-state index in [4.69, 9.17) is 26.8 Å². The third kappa shape index (κ3) is 3.16. The van der Waals surface area contributed by atoms with Crippen molar-refractivity contribution >= 4 is 11.6 Å². The van der Waals surface area contributed by atoms with E-state index in [2.05, 4.69) is 4.98 Å². The van der Waals surface area contributed by atoms with E-state index < -0.39 is 0 Å². The van der Waals surface area contributed by atoms with Crippen LogP contribution in [-0.2, 0) is 0 Å². The number of nitrogens with two attached hydrogens (primary N) is 1. The van der Waals surface area contributed by atoms with E-state index in [1.165, 1.54) is 0 Å². The van der Waals surface area contributed by atoms with Crippen LogP contribution in [0.25, 0.3) is 0 Å². The summed E-state index contributed by atoms with van der Waals surface area (Å²) in [6.45, 7) is 1.88. The van der Waals surface area contributed by atoms with Gasteiger partial charge in [-0.3, -0.25) is 4.98 Å². The van der Waals surface area contributed by atoms with Gasteiger partial charge in [0.2, 0.25) is 0 Å². The summed E-state index contributed by atoms with van der Waals surface area (Å²) in [6.07, 6.45) is 3.14. The van der Waals surface area contributed by atoms with Crippen LogP contribution in [0.1, 0.15) is 18.5 Å². The molecular weight excluding hydrogens is 264 g/mol. The molecule has 1 aromatic heterocycles. The van der Waals surface area contributed by atoms with Gasteiger partial charge in [-0.05, 0) is 19.1 Å². The van der Waals surface area contributed by atoms with Gasteiger partial charge in [0.15, 0.2) is 0 Å². The van der Waals surface area contributed by atoms with Gasteiger partial charge in [-0.1, -0.05) is 17.7 Å². The topological polar surface area (TPSA) is 57.4 Å². The van der Waals surface area contributed by atoms with Gasteiger partial charge in [0.25, 0.3) is 0 Å². The Morgan fingerprint density at radius 2 is 2.00 bits per heavy atom. The van der Waals surface area contributed by atoms with Crippen LogP contribution >= 0.6 is 11.6 Å². The molecule has 0 fully saturated rings. The number of hydrogen-bond acceptors (Lipinski definition) is 4. The van der Waals surface area contributed by atoms with Gasteiger partial charge in [-0.2, -0.15) is 0 Å². The fraction of sp³-hybridized carbons (Fsp3) is 0.214. The highest BCUT2D eigenvalue weighted by atomic mass is 35.5. The predicted octanol–water partition coefficient (Wildman–Crippen LogP) is 3.56. The first kappa shape index (κ1) is 13.6. The zero-order valence-corrected chi connectivity index (χ0v) is 11.5. The molecule has 5 heteroatoms. The quantitative estimate of drug-likeness (QED) is 0.929. The monoisotopic (exact) mass is 278 g/mol. The predicted molar refractivity (Wildman–Crippen MR) is 74.9 cm³/mol. The van der Waals surface area contributed by atoms with Crippen molar-refractivity contribution in [1.82, 2.24) is 4.98 Å². The third-order valence-corrected chi connectivity index (χ3v) is 2.82. The van der Waals surface area contributed by atoms with Gasteiger partial charge in [0.1, 0.15) is 17.2 Å². The minimum Gasteiger partial charge on any atom is -0.496 e. The van der Waals surface area contributed by atoms with Crippen molar-refractivity contribution in [2.45, 2.75) is 13.0 Å². The molecule has 0 bridgehead atoms. The highest BCUT2D eigenvalue weighted by Crippen LogP contribution is 2.35. The Balaban J connectivity index is 2.39. The Hall–Kier alpha value is -1.78. The summed E-state index contributed by atoms with van der Waals surface area (Å²) in [5.41, 5.74) is 6.78. The van der Waals surface area contributed by atoms with Gasteiger partial charge < -0.3 is 15.2 Å². The lowest BCUT2D eigenvalue weighted by molar-refractivity contribution is 0.397. The Labute approximate surface area is 117 Å². The Bertz CT molecular complexity index is 573. The van der Waals surface area contributed by atoms with Crippen molar-refractivity contribution in [3.05, 3.63) is 47.2 Å². The first-order valence-corrected chi connectivity index (χ1v) is 6.20. The maximum atomic E-state index is 5.97. The van der Waals surface area contributed by atoms with Crippen LogP contribution in [-0.4, -0.2) is 12.1 Å². The summed E-state index contributed by atoms with van der Waals surface area (Å²) in [4.78, 5) is 3.98. The van der Waals surface area contributed by atoms with E-state index in [1.54, 1.807) is 25.6 Å². The molecule has 0 radical (unpaired) electrons. The first-order chi connectivity index (χ1) is 9.11. The maximum Gasteiger partial charge on any atom is 0.147 e. The lowest BCUT2D eigenvalue weighted by Gasteiger charge is -2.16. The van der Waals surface area contributed by atoms with Crippen molar-refractivity contribution < 1.29 is 9.47 Å². The van der Waals surface area contributed by atoms with Crippen LogP contribution in [0.15, 0.2) is 36.7 Å². The smallest absolute Gasteiger partial charge is 0.147 e. The van der Waals surface area contributed by atoms with Gasteiger partial charge in [-0.25, -0.2) is 0 Å². The Morgan fingerprint density at radius 3 is 2.63 bits per heavy atom. The molecule has 0 aliphatic carbocycles. The fourth-order valence-corrected chi connectivity index (χ4v) is 1.98. The molecule has 0 amide bonds. The molecule has 2 N–H and O–H groups in total. The lowest BCUT2D eigenvalue weighted by Crippen LogP contribution is -2.08. The highest BCUT2D eigenvalue weighted by molar-refractivity contribution is 6.30. The largest absolute Gasteiger partial charge is 0.496 e. The molecule has 2 aromatic rings. The molecule has 19 heavy (non-hydrogen) atoms. The molecule has 0 saturated heterocycles. The minimum atomic E-state index is -0.210. The van der Waals surface area contributed by atoms with E-state index in [1.807, 2.05) is 25.1 Å². The third-order valence-electron chi connectivity index (χ3n) is 2.61. The van der Waals surface area contributed by atoms with Crippen LogP contribution in [0, 0.1) is 0 Å². The zero-order valence-electron chi connectivity index (χ0n) is 10.8. The molecule has 1 heterocycles. The average molecular weight is 279 g/mol. The summed E-state index contributed by atoms with van der Waals surface area (Å²) in [5.74, 6) is 1.89. The van der Waals surface area contributed by atoms with E-state index in [0.717, 1.165) is 5.56 Å². The summed E-state index contributed by atoms with van der Waals surface area (Å²) in [6, 6.07) is 7.01. The SMILES string of the molecule is COc1cccc(Oc2cncc(Cl)c2)c1[C@@H](C)N. The van der Waals surface area contributed by atoms with Gasteiger partial charge in [0.05, 0.1) is 23.9 Å². The molecule has 0 aliphatic heterocycles. The second-order valence-electron chi connectivity index (χ2n) is 4.10. The van der Waals surface area contributed by atoms with Gasteiger partial charge >= 0.3 is 0 Å². The highest BCUT2D eigenvalue weighted by Gasteiger charge is 2.15. The van der Waals surface area contributed by atoms with Crippen molar-refractivity contribution in [3.8, 4) is 17.2 Å². The van der Waals surface area contributed by atoms with Crippen LogP contribution in [0.2, 0.25) is 5.02 Å². The standard InChI is InChI=1S/C14H15ClN2O2/c1-9(16)14-12(18-2)4-3-5-13(14)19-11-6-10(15)7-17-8-11/h3-9H,16H2,1-2H3/t9-/m1/s1. The fourth-order valence-electron chi connectivity index (χ4n) is 1.81. The molecule has 0 saturated carbocycles. The second-order valence-corrected chi connectivity index (χ2v) is 4.54. The molecule has 0 aliphatic rings. The number of hydrogen-bond donors (Lipinski definition) is 1. The number of ether oxygens (including phenoxy) is 2. The zero-order chi connectivity index (χ0) is 13.8. The lowest BCUT2D eigenvalue weighted by atomic mass is 10.1. The summed E-state index contributed by atoms with van der Waals surface area (Å²) >= 11 is 5.88. The minimum absolute atomic E-state index is 0.210. The molecule has 1 atom stereocenters. The number of rotatable bonds is 4. The van der Waals surface area contributed by atoms with Crippen molar-refractivity contribution in [2.75, 3.05) is 7.11 Å². The van der Waals surface area contributed by atoms with Gasteiger partial charge in [-0.15, -0.1) is 0 Å². The van der Waals surface area contributed by atoms with Gasteiger partial charge in [0, 0.05) is 18.3 Å². The molecule has 0 unspecified atom stereocenters. The average Bonchev–Trinajstić information content (AvgIpc) is 2.38. The van der Waals surface area contributed by atoms with E-state index >= 15 is 0 Å². The van der Waals surface area contributed by atoms with Crippen molar-refractivity contribution in [2.24, 2.45) is 5.73 Å². The Kier molecular flexibility index (Phi) is 4.24.